The highest BCUT2D eigenvalue weighted by Crippen LogP contribution is 2.19. The molecular formula is C8H5ClFN3OS. The Hall–Kier alpha value is -1.40. The summed E-state index contributed by atoms with van der Waals surface area (Å²) in [5.74, 6) is -0.470. The fourth-order valence-corrected chi connectivity index (χ4v) is 1.68. The maximum Gasteiger partial charge on any atom is 0.347 e. The van der Waals surface area contributed by atoms with Gasteiger partial charge in [0.1, 0.15) is 5.82 Å². The second-order valence-electron chi connectivity index (χ2n) is 2.79. The van der Waals surface area contributed by atoms with Gasteiger partial charge in [0.2, 0.25) is 4.77 Å². The van der Waals surface area contributed by atoms with E-state index in [0.29, 0.717) is 5.69 Å². The number of hydrogen-bond acceptors (Lipinski definition) is 2. The molecule has 0 aliphatic rings. The van der Waals surface area contributed by atoms with Crippen molar-refractivity contribution >= 4 is 23.8 Å². The van der Waals surface area contributed by atoms with E-state index in [1.54, 1.807) is 0 Å². The molecule has 0 atom stereocenters. The van der Waals surface area contributed by atoms with Crippen molar-refractivity contribution < 1.29 is 4.39 Å². The third kappa shape index (κ3) is 1.73. The zero-order chi connectivity index (χ0) is 11.0. The third-order valence-corrected chi connectivity index (χ3v) is 2.42. The van der Waals surface area contributed by atoms with Crippen molar-refractivity contribution in [3.8, 4) is 5.69 Å². The quantitative estimate of drug-likeness (QED) is 0.756. The second kappa shape index (κ2) is 3.63. The summed E-state index contributed by atoms with van der Waals surface area (Å²) < 4.78 is 14.1. The Morgan fingerprint density at radius 2 is 2.13 bits per heavy atom. The highest BCUT2D eigenvalue weighted by molar-refractivity contribution is 7.71. The Kier molecular flexibility index (Phi) is 2.45. The second-order valence-corrected chi connectivity index (χ2v) is 3.59. The van der Waals surface area contributed by atoms with Gasteiger partial charge in [0.05, 0.1) is 10.7 Å². The number of nitrogens with zero attached hydrogens (tertiary/aromatic N) is 1. The Labute approximate surface area is 93.3 Å². The number of benzene rings is 1. The lowest BCUT2D eigenvalue weighted by molar-refractivity contribution is 0.627. The molecule has 0 saturated carbocycles. The average molecular weight is 246 g/mol. The summed E-state index contributed by atoms with van der Waals surface area (Å²) in [7, 11) is 0. The van der Waals surface area contributed by atoms with Gasteiger partial charge in [-0.2, -0.15) is 0 Å². The van der Waals surface area contributed by atoms with Crippen LogP contribution in [-0.2, 0) is 0 Å². The Bertz CT molecular complexity index is 587. The van der Waals surface area contributed by atoms with Gasteiger partial charge in [0.15, 0.2) is 0 Å². The molecule has 0 aliphatic carbocycles. The molecule has 0 amide bonds. The molecule has 1 aromatic carbocycles. The smallest absolute Gasteiger partial charge is 0.272 e. The van der Waals surface area contributed by atoms with Gasteiger partial charge in [-0.05, 0) is 30.4 Å². The number of nitrogens with one attached hydrogen (secondary N) is 2. The minimum atomic E-state index is -0.470. The minimum Gasteiger partial charge on any atom is -0.272 e. The molecule has 0 spiro atoms. The zero-order valence-electron chi connectivity index (χ0n) is 7.25. The lowest BCUT2D eigenvalue weighted by Crippen LogP contribution is -2.15. The Balaban J connectivity index is 2.75. The molecule has 0 unspecified atom stereocenters. The minimum absolute atomic E-state index is 0.121. The van der Waals surface area contributed by atoms with E-state index >= 15 is 0 Å². The molecule has 1 aromatic heterocycles. The molecular weight excluding hydrogens is 241 g/mol. The number of aromatic amines is 2. The lowest BCUT2D eigenvalue weighted by atomic mass is 10.3. The number of H-pyrrole nitrogens is 2. The van der Waals surface area contributed by atoms with Crippen LogP contribution in [-0.4, -0.2) is 14.8 Å². The van der Waals surface area contributed by atoms with Crippen LogP contribution in [0.15, 0.2) is 23.0 Å². The zero-order valence-corrected chi connectivity index (χ0v) is 8.82. The summed E-state index contributed by atoms with van der Waals surface area (Å²) in [6.45, 7) is 0. The molecule has 2 N–H and O–H groups in total. The summed E-state index contributed by atoms with van der Waals surface area (Å²) in [5, 5.41) is 4.89. The van der Waals surface area contributed by atoms with Gasteiger partial charge in [-0.25, -0.2) is 18.9 Å². The first kappa shape index (κ1) is 10.1. The number of hydrogen-bond donors (Lipinski definition) is 2. The fraction of sp³-hybridized carbons (Fsp3) is 0. The molecule has 7 heteroatoms. The summed E-state index contributed by atoms with van der Waals surface area (Å²) in [6, 6.07) is 3.71. The molecule has 0 fully saturated rings. The van der Waals surface area contributed by atoms with Gasteiger partial charge in [-0.1, -0.05) is 11.6 Å². The molecule has 4 nitrogen and oxygen atoms in total. The topological polar surface area (TPSA) is 53.6 Å². The molecule has 2 rings (SSSR count). The first-order chi connectivity index (χ1) is 7.09. The fourth-order valence-electron chi connectivity index (χ4n) is 1.19. The van der Waals surface area contributed by atoms with Gasteiger partial charge in [0, 0.05) is 0 Å². The van der Waals surface area contributed by atoms with Crippen LogP contribution >= 0.6 is 23.8 Å². The van der Waals surface area contributed by atoms with Crippen LogP contribution in [0, 0.1) is 10.6 Å². The average Bonchev–Trinajstić information content (AvgIpc) is 2.48. The molecule has 0 saturated heterocycles. The first-order valence-corrected chi connectivity index (χ1v) is 4.73. The maximum atomic E-state index is 12.8. The van der Waals surface area contributed by atoms with E-state index in [9.17, 15) is 9.18 Å². The molecule has 1 heterocycles. The van der Waals surface area contributed by atoms with Gasteiger partial charge >= 0.3 is 5.69 Å². The Morgan fingerprint density at radius 1 is 1.40 bits per heavy atom. The van der Waals surface area contributed by atoms with E-state index < -0.39 is 11.5 Å². The third-order valence-electron chi connectivity index (χ3n) is 1.83. The van der Waals surface area contributed by atoms with Crippen molar-refractivity contribution in [2.45, 2.75) is 0 Å². The van der Waals surface area contributed by atoms with Crippen molar-refractivity contribution in [3.63, 3.8) is 0 Å². The van der Waals surface area contributed by atoms with E-state index in [1.807, 2.05) is 0 Å². The highest BCUT2D eigenvalue weighted by atomic mass is 35.5. The van der Waals surface area contributed by atoms with E-state index in [-0.39, 0.29) is 9.79 Å². The van der Waals surface area contributed by atoms with Gasteiger partial charge in [0.25, 0.3) is 0 Å². The largest absolute Gasteiger partial charge is 0.347 e. The summed E-state index contributed by atoms with van der Waals surface area (Å²) in [5.41, 5.74) is -0.112. The SMILES string of the molecule is O=c1[nH][nH]c(=S)n1-c1ccc(F)cc1Cl. The Morgan fingerprint density at radius 3 is 2.67 bits per heavy atom. The summed E-state index contributed by atoms with van der Waals surface area (Å²) in [4.78, 5) is 11.3. The number of rotatable bonds is 1. The number of halogens is 2. The lowest BCUT2D eigenvalue weighted by Gasteiger charge is -2.02. The summed E-state index contributed by atoms with van der Waals surface area (Å²) >= 11 is 10.7. The van der Waals surface area contributed by atoms with Crippen molar-refractivity contribution in [1.82, 2.24) is 14.8 Å². The van der Waals surface area contributed by atoms with Crippen molar-refractivity contribution in [1.29, 1.82) is 0 Å². The first-order valence-electron chi connectivity index (χ1n) is 3.95. The van der Waals surface area contributed by atoms with Crippen LogP contribution < -0.4 is 5.69 Å². The predicted octanol–water partition coefficient (Wildman–Crippen LogP) is 2.02. The van der Waals surface area contributed by atoms with E-state index in [4.69, 9.17) is 23.8 Å². The van der Waals surface area contributed by atoms with Crippen LogP contribution in [0.25, 0.3) is 5.69 Å². The van der Waals surface area contributed by atoms with Crippen molar-refractivity contribution in [3.05, 3.63) is 44.3 Å². The van der Waals surface area contributed by atoms with Crippen LogP contribution in [0.1, 0.15) is 0 Å². The molecule has 0 aliphatic heterocycles. The van der Waals surface area contributed by atoms with E-state index in [1.165, 1.54) is 12.1 Å². The van der Waals surface area contributed by atoms with E-state index in [2.05, 4.69) is 10.2 Å². The highest BCUT2D eigenvalue weighted by Gasteiger charge is 2.08. The van der Waals surface area contributed by atoms with E-state index in [0.717, 1.165) is 10.6 Å². The standard InChI is InChI=1S/C8H5ClFN3OS/c9-5-3-4(10)1-2-6(5)13-7(14)11-12-8(13)15/h1-3H,(H,11,14)(H,12,15). The van der Waals surface area contributed by atoms with Crippen molar-refractivity contribution in [2.75, 3.05) is 0 Å². The molecule has 0 bridgehead atoms. The van der Waals surface area contributed by atoms with Crippen molar-refractivity contribution in [2.24, 2.45) is 0 Å². The normalized spacial score (nSPS) is 10.5. The maximum absolute atomic E-state index is 12.8. The molecule has 2 aromatic rings. The monoisotopic (exact) mass is 245 g/mol. The molecule has 78 valence electrons. The van der Waals surface area contributed by atoms with Crippen LogP contribution in [0.3, 0.4) is 0 Å². The van der Waals surface area contributed by atoms with Crippen LogP contribution in [0.2, 0.25) is 5.02 Å². The summed E-state index contributed by atoms with van der Waals surface area (Å²) in [6.07, 6.45) is 0. The molecule has 15 heavy (non-hydrogen) atoms. The van der Waals surface area contributed by atoms with Gasteiger partial charge in [-0.15, -0.1) is 0 Å². The number of aromatic nitrogens is 3. The molecule has 0 radical (unpaired) electrons. The van der Waals surface area contributed by atoms with Crippen LogP contribution in [0.5, 0.6) is 0 Å². The van der Waals surface area contributed by atoms with Gasteiger partial charge < -0.3 is 0 Å². The predicted molar refractivity (Wildman–Crippen MR) is 56.5 cm³/mol. The van der Waals surface area contributed by atoms with Crippen LogP contribution in [0.4, 0.5) is 4.39 Å². The van der Waals surface area contributed by atoms with Gasteiger partial charge in [-0.3, -0.25) is 5.10 Å².